The van der Waals surface area contributed by atoms with Gasteiger partial charge in [-0.3, -0.25) is 0 Å². The fourth-order valence-corrected chi connectivity index (χ4v) is 6.26. The summed E-state index contributed by atoms with van der Waals surface area (Å²) >= 11 is 7.29. The quantitative estimate of drug-likeness (QED) is 0.592. The molecule has 72 valence electrons. The van der Waals surface area contributed by atoms with Crippen LogP contribution in [0.15, 0.2) is 30.3 Å². The van der Waals surface area contributed by atoms with Gasteiger partial charge >= 0.3 is 0 Å². The first-order valence-electron chi connectivity index (χ1n) is 4.34. The zero-order valence-corrected chi connectivity index (χ0v) is 12.1. The summed E-state index contributed by atoms with van der Waals surface area (Å²) in [5.41, 5.74) is 0. The van der Waals surface area contributed by atoms with Crippen molar-refractivity contribution in [2.45, 2.75) is 17.5 Å². The van der Waals surface area contributed by atoms with Crippen molar-refractivity contribution in [1.29, 1.82) is 0 Å². The minimum absolute atomic E-state index is 0.599. The lowest BCUT2D eigenvalue weighted by atomic mass is 10.4. The zero-order chi connectivity index (χ0) is 9.90. The third-order valence-corrected chi connectivity index (χ3v) is 11.9. The molecule has 1 atom stereocenters. The maximum absolute atomic E-state index is 3.75. The van der Waals surface area contributed by atoms with E-state index in [4.69, 9.17) is 0 Å². The normalized spacial score (nSPS) is 14.2. The van der Waals surface area contributed by atoms with E-state index >= 15 is 0 Å². The van der Waals surface area contributed by atoms with Crippen LogP contribution in [0.1, 0.15) is 0 Å². The molecule has 0 aromatic heterocycles. The average molecular weight is 322 g/mol. The predicted octanol–water partition coefficient (Wildman–Crippen LogP) is 3.30. The Morgan fingerprint density at radius 3 is 2.23 bits per heavy atom. The molecule has 0 aliphatic rings. The highest BCUT2D eigenvalue weighted by Gasteiger charge is 2.30. The summed E-state index contributed by atoms with van der Waals surface area (Å²) in [7, 11) is -1.31. The number of halogens is 2. The van der Waals surface area contributed by atoms with E-state index in [1.54, 1.807) is 0 Å². The highest BCUT2D eigenvalue weighted by molar-refractivity contribution is 9.12. The predicted molar refractivity (Wildman–Crippen MR) is 70.1 cm³/mol. The van der Waals surface area contributed by atoms with Crippen molar-refractivity contribution in [3.05, 3.63) is 30.3 Å². The second-order valence-corrected chi connectivity index (χ2v) is 11.0. The van der Waals surface area contributed by atoms with Gasteiger partial charge in [0.05, 0.1) is 8.07 Å². The summed E-state index contributed by atoms with van der Waals surface area (Å²) in [6.07, 6.45) is 0. The summed E-state index contributed by atoms with van der Waals surface area (Å²) in [4.78, 5) is 0. The van der Waals surface area contributed by atoms with Gasteiger partial charge in [0.25, 0.3) is 0 Å². The molecule has 0 spiro atoms. The monoisotopic (exact) mass is 320 g/mol. The van der Waals surface area contributed by atoms with Crippen LogP contribution in [0.2, 0.25) is 13.1 Å². The van der Waals surface area contributed by atoms with Gasteiger partial charge in [-0.1, -0.05) is 80.5 Å². The first kappa shape index (κ1) is 11.5. The van der Waals surface area contributed by atoms with Crippen molar-refractivity contribution >= 4 is 45.1 Å². The first-order valence-corrected chi connectivity index (χ1v) is 9.46. The van der Waals surface area contributed by atoms with Crippen molar-refractivity contribution in [2.24, 2.45) is 0 Å². The second kappa shape index (κ2) is 4.76. The van der Waals surface area contributed by atoms with Gasteiger partial charge in [0, 0.05) is 9.78 Å². The summed E-state index contributed by atoms with van der Waals surface area (Å²) < 4.78 is 0.599. The van der Waals surface area contributed by atoms with E-state index in [1.165, 1.54) is 5.19 Å². The molecule has 1 aromatic carbocycles. The van der Waals surface area contributed by atoms with Gasteiger partial charge in [-0.05, 0) is 0 Å². The molecule has 0 fully saturated rings. The van der Waals surface area contributed by atoms with Crippen LogP contribution in [0.5, 0.6) is 0 Å². The average Bonchev–Trinajstić information content (AvgIpc) is 2.18. The number of hydrogen-bond donors (Lipinski definition) is 0. The fraction of sp³-hybridized carbons (Fsp3) is 0.400. The molecule has 3 heteroatoms. The molecular weight excluding hydrogens is 308 g/mol. The Bertz CT molecular complexity index is 259. The number of rotatable bonds is 3. The minimum Gasteiger partial charge on any atom is -0.0919 e. The van der Waals surface area contributed by atoms with E-state index in [1.807, 2.05) is 0 Å². The molecule has 0 aliphatic heterocycles. The lowest BCUT2D eigenvalue weighted by molar-refractivity contribution is 1.37. The molecule has 13 heavy (non-hydrogen) atoms. The Morgan fingerprint density at radius 2 is 1.77 bits per heavy atom. The summed E-state index contributed by atoms with van der Waals surface area (Å²) in [6.45, 7) is 4.78. The molecule has 1 unspecified atom stereocenters. The molecule has 0 heterocycles. The molecule has 0 saturated carbocycles. The van der Waals surface area contributed by atoms with Gasteiger partial charge in [-0.2, -0.15) is 0 Å². The first-order chi connectivity index (χ1) is 6.09. The second-order valence-electron chi connectivity index (χ2n) is 3.71. The third kappa shape index (κ3) is 2.67. The summed E-state index contributed by atoms with van der Waals surface area (Å²) in [5, 5.41) is 2.54. The van der Waals surface area contributed by atoms with Gasteiger partial charge < -0.3 is 0 Å². The van der Waals surface area contributed by atoms with E-state index in [2.05, 4.69) is 75.3 Å². The Morgan fingerprint density at radius 1 is 1.23 bits per heavy atom. The van der Waals surface area contributed by atoms with E-state index in [0.29, 0.717) is 4.45 Å². The van der Waals surface area contributed by atoms with E-state index in [-0.39, 0.29) is 0 Å². The van der Waals surface area contributed by atoms with Crippen LogP contribution in [0, 0.1) is 0 Å². The van der Waals surface area contributed by atoms with E-state index in [0.717, 1.165) is 5.33 Å². The standard InChI is InChI=1S/C10H14Br2Si/c1-13(2,10(12)8-11)9-6-4-3-5-7-9/h3-7,10H,8H2,1-2H3. The van der Waals surface area contributed by atoms with Crippen molar-refractivity contribution in [3.8, 4) is 0 Å². The molecule has 0 bridgehead atoms. The zero-order valence-electron chi connectivity index (χ0n) is 7.93. The molecule has 0 aliphatic carbocycles. The summed E-state index contributed by atoms with van der Waals surface area (Å²) in [6, 6.07) is 10.8. The lowest BCUT2D eigenvalue weighted by Crippen LogP contribution is -2.50. The highest BCUT2D eigenvalue weighted by Crippen LogP contribution is 2.18. The van der Waals surface area contributed by atoms with E-state index in [9.17, 15) is 0 Å². The van der Waals surface area contributed by atoms with Crippen LogP contribution in [0.25, 0.3) is 0 Å². The van der Waals surface area contributed by atoms with Gasteiger partial charge in [0.1, 0.15) is 0 Å². The Balaban J connectivity index is 2.93. The van der Waals surface area contributed by atoms with Crippen LogP contribution >= 0.6 is 31.9 Å². The largest absolute Gasteiger partial charge is 0.0956 e. The number of hydrogen-bond acceptors (Lipinski definition) is 0. The van der Waals surface area contributed by atoms with Crippen LogP contribution < -0.4 is 5.19 Å². The smallest absolute Gasteiger partial charge is 0.0919 e. The van der Waals surface area contributed by atoms with Crippen molar-refractivity contribution in [3.63, 3.8) is 0 Å². The maximum Gasteiger partial charge on any atom is 0.0956 e. The van der Waals surface area contributed by atoms with Crippen LogP contribution in [-0.4, -0.2) is 17.9 Å². The van der Waals surface area contributed by atoms with Crippen LogP contribution in [0.3, 0.4) is 0 Å². The molecule has 0 nitrogen and oxygen atoms in total. The SMILES string of the molecule is C[Si](C)(c1ccccc1)C(Br)CBr. The fourth-order valence-electron chi connectivity index (χ4n) is 1.24. The minimum atomic E-state index is -1.31. The molecular formula is C10H14Br2Si. The van der Waals surface area contributed by atoms with Crippen LogP contribution in [-0.2, 0) is 0 Å². The van der Waals surface area contributed by atoms with E-state index < -0.39 is 8.07 Å². The van der Waals surface area contributed by atoms with Crippen molar-refractivity contribution in [2.75, 3.05) is 5.33 Å². The number of benzene rings is 1. The molecule has 0 amide bonds. The summed E-state index contributed by atoms with van der Waals surface area (Å²) in [5.74, 6) is 0. The Hall–Kier alpha value is 0.397. The van der Waals surface area contributed by atoms with Gasteiger partial charge in [0.15, 0.2) is 0 Å². The number of alkyl halides is 2. The highest BCUT2D eigenvalue weighted by atomic mass is 79.9. The van der Waals surface area contributed by atoms with Crippen molar-refractivity contribution in [1.82, 2.24) is 0 Å². The molecule has 0 saturated heterocycles. The topological polar surface area (TPSA) is 0 Å². The molecule has 1 rings (SSSR count). The molecule has 0 radical (unpaired) electrons. The van der Waals surface area contributed by atoms with Crippen LogP contribution in [0.4, 0.5) is 0 Å². The van der Waals surface area contributed by atoms with Crippen molar-refractivity contribution < 1.29 is 0 Å². The molecule has 1 aromatic rings. The van der Waals surface area contributed by atoms with Gasteiger partial charge in [-0.25, -0.2) is 0 Å². The molecule has 0 N–H and O–H groups in total. The Kier molecular flexibility index (Phi) is 4.20. The van der Waals surface area contributed by atoms with Gasteiger partial charge in [0.2, 0.25) is 0 Å². The lowest BCUT2D eigenvalue weighted by Gasteiger charge is -2.27. The Labute approximate surface area is 98.0 Å². The maximum atomic E-state index is 3.75. The third-order valence-electron chi connectivity index (χ3n) is 2.44. The van der Waals surface area contributed by atoms with Gasteiger partial charge in [-0.15, -0.1) is 0 Å².